The summed E-state index contributed by atoms with van der Waals surface area (Å²) < 4.78 is 17.9. The average molecular weight is 230 g/mol. The molecule has 2 rings (SSSR count). The number of rotatable bonds is 3. The van der Waals surface area contributed by atoms with Gasteiger partial charge in [-0.2, -0.15) is 0 Å². The molecule has 0 bridgehead atoms. The summed E-state index contributed by atoms with van der Waals surface area (Å²) in [6.07, 6.45) is 0.776. The van der Waals surface area contributed by atoms with Crippen molar-refractivity contribution in [2.75, 3.05) is 7.11 Å². The Hall–Kier alpha value is -2.16. The van der Waals surface area contributed by atoms with E-state index in [4.69, 9.17) is 4.74 Å². The lowest BCUT2D eigenvalue weighted by Gasteiger charge is -2.07. The Bertz CT molecular complexity index is 532. The number of benzene rings is 2. The number of hydrogen-bond donors (Lipinski definition) is 0. The molecule has 0 saturated heterocycles. The standard InChI is InChI=1S/C14H11FO2/c1-17-13-7-4-11(9-16)14(8-13)10-2-5-12(15)6-3-10/h2-9H,1H3. The first-order chi connectivity index (χ1) is 8.24. The molecule has 2 aromatic carbocycles. The van der Waals surface area contributed by atoms with E-state index in [1.807, 2.05) is 0 Å². The van der Waals surface area contributed by atoms with Gasteiger partial charge in [0.25, 0.3) is 0 Å². The highest BCUT2D eigenvalue weighted by Crippen LogP contribution is 2.27. The molecule has 0 amide bonds. The van der Waals surface area contributed by atoms with Gasteiger partial charge in [-0.15, -0.1) is 0 Å². The molecule has 0 aromatic heterocycles. The maximum atomic E-state index is 12.8. The van der Waals surface area contributed by atoms with Crippen LogP contribution in [0.3, 0.4) is 0 Å². The summed E-state index contributed by atoms with van der Waals surface area (Å²) in [5, 5.41) is 0. The number of ether oxygens (including phenoxy) is 1. The van der Waals surface area contributed by atoms with Crippen LogP contribution in [-0.2, 0) is 0 Å². The molecule has 0 fully saturated rings. The second-order valence-corrected chi connectivity index (χ2v) is 3.58. The van der Waals surface area contributed by atoms with Crippen molar-refractivity contribution in [1.29, 1.82) is 0 Å². The van der Waals surface area contributed by atoms with Gasteiger partial charge in [0.15, 0.2) is 6.29 Å². The quantitative estimate of drug-likeness (QED) is 0.756. The second-order valence-electron chi connectivity index (χ2n) is 3.58. The average Bonchev–Trinajstić information content (AvgIpc) is 2.39. The third-order valence-electron chi connectivity index (χ3n) is 2.54. The SMILES string of the molecule is COc1ccc(C=O)c(-c2ccc(F)cc2)c1. The van der Waals surface area contributed by atoms with E-state index >= 15 is 0 Å². The molecular weight excluding hydrogens is 219 g/mol. The van der Waals surface area contributed by atoms with Gasteiger partial charge in [-0.3, -0.25) is 4.79 Å². The van der Waals surface area contributed by atoms with Crippen molar-refractivity contribution in [2.45, 2.75) is 0 Å². The fourth-order valence-electron chi connectivity index (χ4n) is 1.64. The molecule has 0 aliphatic rings. The van der Waals surface area contributed by atoms with Crippen LogP contribution in [0.5, 0.6) is 5.75 Å². The van der Waals surface area contributed by atoms with Crippen molar-refractivity contribution >= 4 is 6.29 Å². The molecule has 17 heavy (non-hydrogen) atoms. The van der Waals surface area contributed by atoms with Crippen LogP contribution in [-0.4, -0.2) is 13.4 Å². The zero-order valence-electron chi connectivity index (χ0n) is 9.31. The second kappa shape index (κ2) is 4.78. The molecule has 2 aromatic rings. The summed E-state index contributed by atoms with van der Waals surface area (Å²) in [7, 11) is 1.56. The monoisotopic (exact) mass is 230 g/mol. The number of aldehydes is 1. The van der Waals surface area contributed by atoms with Crippen LogP contribution in [0.1, 0.15) is 10.4 Å². The third kappa shape index (κ3) is 2.33. The summed E-state index contributed by atoms with van der Waals surface area (Å²) in [5.74, 6) is 0.360. The fourth-order valence-corrected chi connectivity index (χ4v) is 1.64. The van der Waals surface area contributed by atoms with Crippen LogP contribution in [0, 0.1) is 5.82 Å². The smallest absolute Gasteiger partial charge is 0.150 e. The summed E-state index contributed by atoms with van der Waals surface area (Å²) in [5.41, 5.74) is 2.07. The number of hydrogen-bond acceptors (Lipinski definition) is 2. The molecule has 0 unspecified atom stereocenters. The van der Waals surface area contributed by atoms with Crippen molar-refractivity contribution < 1.29 is 13.9 Å². The molecule has 0 spiro atoms. The molecule has 0 saturated carbocycles. The first kappa shape index (κ1) is 11.3. The van der Waals surface area contributed by atoms with E-state index in [2.05, 4.69) is 0 Å². The lowest BCUT2D eigenvalue weighted by Crippen LogP contribution is -1.90. The minimum absolute atomic E-state index is 0.302. The molecule has 0 N–H and O–H groups in total. The van der Waals surface area contributed by atoms with Gasteiger partial charge >= 0.3 is 0 Å². The summed E-state index contributed by atoms with van der Waals surface area (Å²) in [6, 6.07) is 11.2. The molecule has 0 aliphatic carbocycles. The van der Waals surface area contributed by atoms with Gasteiger partial charge in [-0.25, -0.2) is 4.39 Å². The largest absolute Gasteiger partial charge is 0.497 e. The molecule has 0 atom stereocenters. The van der Waals surface area contributed by atoms with E-state index < -0.39 is 0 Å². The van der Waals surface area contributed by atoms with Crippen LogP contribution in [0.4, 0.5) is 4.39 Å². The van der Waals surface area contributed by atoms with Crippen molar-refractivity contribution in [3.05, 3.63) is 53.8 Å². The molecule has 86 valence electrons. The van der Waals surface area contributed by atoms with E-state index in [0.29, 0.717) is 11.3 Å². The molecule has 3 heteroatoms. The Balaban J connectivity index is 2.55. The van der Waals surface area contributed by atoms with Gasteiger partial charge in [-0.05, 0) is 41.5 Å². The molecule has 0 heterocycles. The van der Waals surface area contributed by atoms with Crippen LogP contribution in [0.2, 0.25) is 0 Å². The van der Waals surface area contributed by atoms with Crippen molar-refractivity contribution in [2.24, 2.45) is 0 Å². The third-order valence-corrected chi connectivity index (χ3v) is 2.54. The number of methoxy groups -OCH3 is 1. The van der Waals surface area contributed by atoms with Crippen LogP contribution in [0.15, 0.2) is 42.5 Å². The zero-order valence-corrected chi connectivity index (χ0v) is 9.31. The van der Waals surface area contributed by atoms with Crippen LogP contribution >= 0.6 is 0 Å². The number of carbonyl (C=O) groups excluding carboxylic acids is 1. The highest BCUT2D eigenvalue weighted by atomic mass is 19.1. The minimum atomic E-state index is -0.302. The highest BCUT2D eigenvalue weighted by molar-refractivity contribution is 5.88. The van der Waals surface area contributed by atoms with Crippen LogP contribution < -0.4 is 4.74 Å². The van der Waals surface area contributed by atoms with E-state index in [1.54, 1.807) is 37.4 Å². The summed E-state index contributed by atoms with van der Waals surface area (Å²) >= 11 is 0. The van der Waals surface area contributed by atoms with Gasteiger partial charge < -0.3 is 4.74 Å². The van der Waals surface area contributed by atoms with Gasteiger partial charge in [0, 0.05) is 5.56 Å². The number of carbonyl (C=O) groups is 1. The van der Waals surface area contributed by atoms with Gasteiger partial charge in [0.2, 0.25) is 0 Å². The number of halogens is 1. The zero-order chi connectivity index (χ0) is 12.3. The topological polar surface area (TPSA) is 26.3 Å². The molecular formula is C14H11FO2. The predicted octanol–water partition coefficient (Wildman–Crippen LogP) is 3.31. The molecule has 0 aliphatic heterocycles. The molecule has 0 radical (unpaired) electrons. The first-order valence-corrected chi connectivity index (χ1v) is 5.14. The van der Waals surface area contributed by atoms with E-state index in [9.17, 15) is 9.18 Å². The summed E-state index contributed by atoms with van der Waals surface area (Å²) in [6.45, 7) is 0. The van der Waals surface area contributed by atoms with Gasteiger partial charge in [-0.1, -0.05) is 12.1 Å². The predicted molar refractivity (Wildman–Crippen MR) is 63.8 cm³/mol. The van der Waals surface area contributed by atoms with Gasteiger partial charge in [0.1, 0.15) is 11.6 Å². The lowest BCUT2D eigenvalue weighted by atomic mass is 10.00. The lowest BCUT2D eigenvalue weighted by molar-refractivity contribution is 0.112. The fraction of sp³-hybridized carbons (Fsp3) is 0.0714. The van der Waals surface area contributed by atoms with Crippen molar-refractivity contribution in [1.82, 2.24) is 0 Å². The normalized spacial score (nSPS) is 10.0. The van der Waals surface area contributed by atoms with Crippen LogP contribution in [0.25, 0.3) is 11.1 Å². The maximum absolute atomic E-state index is 12.8. The Labute approximate surface area is 98.7 Å². The highest BCUT2D eigenvalue weighted by Gasteiger charge is 2.06. The van der Waals surface area contributed by atoms with E-state index in [1.165, 1.54) is 12.1 Å². The first-order valence-electron chi connectivity index (χ1n) is 5.14. The summed E-state index contributed by atoms with van der Waals surface area (Å²) in [4.78, 5) is 11.0. The minimum Gasteiger partial charge on any atom is -0.497 e. The Kier molecular flexibility index (Phi) is 3.19. The molecule has 2 nitrogen and oxygen atoms in total. The van der Waals surface area contributed by atoms with E-state index in [0.717, 1.165) is 17.4 Å². The van der Waals surface area contributed by atoms with E-state index in [-0.39, 0.29) is 5.82 Å². The Morgan fingerprint density at radius 2 is 1.82 bits per heavy atom. The van der Waals surface area contributed by atoms with Gasteiger partial charge in [0.05, 0.1) is 7.11 Å². The maximum Gasteiger partial charge on any atom is 0.150 e. The van der Waals surface area contributed by atoms with Crippen molar-refractivity contribution in [3.63, 3.8) is 0 Å². The van der Waals surface area contributed by atoms with Crippen molar-refractivity contribution in [3.8, 4) is 16.9 Å². The Morgan fingerprint density at radius 1 is 1.12 bits per heavy atom. The Morgan fingerprint density at radius 3 is 2.41 bits per heavy atom.